The molecule has 1 aliphatic carbocycles. The van der Waals surface area contributed by atoms with Gasteiger partial charge in [0.25, 0.3) is 5.56 Å². The lowest BCUT2D eigenvalue weighted by Crippen LogP contribution is -2.30. The summed E-state index contributed by atoms with van der Waals surface area (Å²) < 4.78 is 0. The molecule has 1 atom stereocenters. The molecule has 0 saturated carbocycles. The summed E-state index contributed by atoms with van der Waals surface area (Å²) in [5, 5.41) is 0. The van der Waals surface area contributed by atoms with Crippen molar-refractivity contribution in [2.45, 2.75) is 25.2 Å². The van der Waals surface area contributed by atoms with Crippen LogP contribution in [0.4, 0.5) is 0 Å². The Labute approximate surface area is 104 Å². The van der Waals surface area contributed by atoms with E-state index < -0.39 is 5.69 Å². The van der Waals surface area contributed by atoms with Gasteiger partial charge in [-0.2, -0.15) is 0 Å². The predicted molar refractivity (Wildman–Crippen MR) is 68.9 cm³/mol. The zero-order chi connectivity index (χ0) is 12.8. The Morgan fingerprint density at radius 1 is 1.11 bits per heavy atom. The van der Waals surface area contributed by atoms with E-state index in [2.05, 4.69) is 16.9 Å². The number of nitrogens with one attached hydrogen (secondary N) is 2. The SMILES string of the molecule is CC1(c2ccccc2)CCc2c1[nH]c(=O)[nH]c2=O. The first-order chi connectivity index (χ1) is 8.61. The number of hydrogen-bond acceptors (Lipinski definition) is 2. The summed E-state index contributed by atoms with van der Waals surface area (Å²) in [4.78, 5) is 28.3. The third kappa shape index (κ3) is 1.45. The van der Waals surface area contributed by atoms with Crippen molar-refractivity contribution in [3.05, 3.63) is 68.0 Å². The summed E-state index contributed by atoms with van der Waals surface area (Å²) in [6.07, 6.45) is 1.54. The van der Waals surface area contributed by atoms with Gasteiger partial charge in [-0.25, -0.2) is 4.79 Å². The number of H-pyrrole nitrogens is 2. The molecule has 1 aromatic carbocycles. The Bertz CT molecular complexity index is 700. The molecule has 0 radical (unpaired) electrons. The zero-order valence-electron chi connectivity index (χ0n) is 10.1. The summed E-state index contributed by atoms with van der Waals surface area (Å²) in [5.41, 5.74) is 1.65. The van der Waals surface area contributed by atoms with Gasteiger partial charge >= 0.3 is 5.69 Å². The van der Waals surface area contributed by atoms with Crippen molar-refractivity contribution in [2.75, 3.05) is 0 Å². The smallest absolute Gasteiger partial charge is 0.310 e. The van der Waals surface area contributed by atoms with E-state index in [-0.39, 0.29) is 11.0 Å². The van der Waals surface area contributed by atoms with Gasteiger partial charge in [-0.3, -0.25) is 9.78 Å². The van der Waals surface area contributed by atoms with Crippen molar-refractivity contribution in [3.63, 3.8) is 0 Å². The molecule has 1 heterocycles. The van der Waals surface area contributed by atoms with E-state index in [4.69, 9.17) is 0 Å². The summed E-state index contributed by atoms with van der Waals surface area (Å²) in [5.74, 6) is 0. The van der Waals surface area contributed by atoms with Gasteiger partial charge in [0.15, 0.2) is 0 Å². The number of fused-ring (bicyclic) bond motifs is 1. The van der Waals surface area contributed by atoms with Gasteiger partial charge in [-0.15, -0.1) is 0 Å². The van der Waals surface area contributed by atoms with Gasteiger partial charge in [-0.1, -0.05) is 30.3 Å². The van der Waals surface area contributed by atoms with Gasteiger partial charge in [0.1, 0.15) is 0 Å². The number of hydrogen-bond donors (Lipinski definition) is 2. The van der Waals surface area contributed by atoms with Crippen LogP contribution in [0.25, 0.3) is 0 Å². The molecule has 0 saturated heterocycles. The van der Waals surface area contributed by atoms with Crippen molar-refractivity contribution in [1.29, 1.82) is 0 Å². The first kappa shape index (κ1) is 11.0. The fourth-order valence-electron chi connectivity index (χ4n) is 2.82. The number of aromatic nitrogens is 2. The molecule has 1 aliphatic rings. The highest BCUT2D eigenvalue weighted by molar-refractivity contribution is 5.42. The second kappa shape index (κ2) is 3.70. The normalized spacial score (nSPS) is 21.8. The molecule has 1 unspecified atom stereocenters. The number of rotatable bonds is 1. The average Bonchev–Trinajstić information content (AvgIpc) is 2.70. The average molecular weight is 242 g/mol. The molecular weight excluding hydrogens is 228 g/mol. The van der Waals surface area contributed by atoms with Gasteiger partial charge in [0, 0.05) is 16.7 Å². The standard InChI is InChI=1S/C14H14N2O2/c1-14(9-5-3-2-4-6-9)8-7-10-11(14)15-13(18)16-12(10)17/h2-6H,7-8H2,1H3,(H2,15,16,17,18). The molecule has 0 aliphatic heterocycles. The second-order valence-corrected chi connectivity index (χ2v) is 4.96. The predicted octanol–water partition coefficient (Wildman–Crippen LogP) is 1.32. The van der Waals surface area contributed by atoms with Crippen LogP contribution >= 0.6 is 0 Å². The number of benzene rings is 1. The lowest BCUT2D eigenvalue weighted by atomic mass is 9.80. The molecule has 3 rings (SSSR count). The lowest BCUT2D eigenvalue weighted by molar-refractivity contribution is 0.550. The van der Waals surface area contributed by atoms with Crippen molar-refractivity contribution in [2.24, 2.45) is 0 Å². The Kier molecular flexibility index (Phi) is 2.26. The molecule has 92 valence electrons. The molecule has 2 N–H and O–H groups in total. The summed E-state index contributed by atoms with van der Waals surface area (Å²) >= 11 is 0. The van der Waals surface area contributed by atoms with E-state index in [0.29, 0.717) is 12.0 Å². The minimum Gasteiger partial charge on any atom is -0.310 e. The Hall–Kier alpha value is -2.10. The molecule has 1 aromatic heterocycles. The van der Waals surface area contributed by atoms with Gasteiger partial charge in [-0.05, 0) is 25.3 Å². The summed E-state index contributed by atoms with van der Waals surface area (Å²) in [6.45, 7) is 2.07. The van der Waals surface area contributed by atoms with Crippen LogP contribution in [-0.4, -0.2) is 9.97 Å². The van der Waals surface area contributed by atoms with Crippen LogP contribution in [0.15, 0.2) is 39.9 Å². The van der Waals surface area contributed by atoms with Crippen LogP contribution in [-0.2, 0) is 11.8 Å². The molecule has 0 amide bonds. The highest BCUT2D eigenvalue weighted by Gasteiger charge is 2.38. The Morgan fingerprint density at radius 2 is 1.83 bits per heavy atom. The maximum atomic E-state index is 11.8. The highest BCUT2D eigenvalue weighted by Crippen LogP contribution is 2.40. The van der Waals surface area contributed by atoms with Crippen LogP contribution in [0.1, 0.15) is 30.2 Å². The van der Waals surface area contributed by atoms with Gasteiger partial charge in [0.05, 0.1) is 0 Å². The third-order valence-corrected chi connectivity index (χ3v) is 3.88. The van der Waals surface area contributed by atoms with Crippen LogP contribution in [0.3, 0.4) is 0 Å². The molecule has 2 aromatic rings. The quantitative estimate of drug-likeness (QED) is 0.792. The topological polar surface area (TPSA) is 65.7 Å². The van der Waals surface area contributed by atoms with E-state index in [9.17, 15) is 9.59 Å². The van der Waals surface area contributed by atoms with Crippen LogP contribution in [0, 0.1) is 0 Å². The first-order valence-electron chi connectivity index (χ1n) is 6.03. The molecular formula is C14H14N2O2. The van der Waals surface area contributed by atoms with Crippen molar-refractivity contribution in [3.8, 4) is 0 Å². The molecule has 18 heavy (non-hydrogen) atoms. The maximum Gasteiger partial charge on any atom is 0.325 e. The zero-order valence-corrected chi connectivity index (χ0v) is 10.1. The maximum absolute atomic E-state index is 11.8. The molecule has 4 heteroatoms. The van der Waals surface area contributed by atoms with Gasteiger partial charge in [0.2, 0.25) is 0 Å². The van der Waals surface area contributed by atoms with Crippen LogP contribution < -0.4 is 11.2 Å². The van der Waals surface area contributed by atoms with Crippen molar-refractivity contribution in [1.82, 2.24) is 9.97 Å². The van der Waals surface area contributed by atoms with Crippen LogP contribution in [0.5, 0.6) is 0 Å². The van der Waals surface area contributed by atoms with Crippen molar-refractivity contribution < 1.29 is 0 Å². The number of aromatic amines is 2. The van der Waals surface area contributed by atoms with Crippen molar-refractivity contribution >= 4 is 0 Å². The van der Waals surface area contributed by atoms with E-state index in [1.807, 2.05) is 30.3 Å². The van der Waals surface area contributed by atoms with E-state index >= 15 is 0 Å². The second-order valence-electron chi connectivity index (χ2n) is 4.96. The van der Waals surface area contributed by atoms with E-state index in [0.717, 1.165) is 17.7 Å². The Morgan fingerprint density at radius 3 is 2.56 bits per heavy atom. The Balaban J connectivity index is 2.27. The fraction of sp³-hybridized carbons (Fsp3) is 0.286. The molecule has 0 fully saturated rings. The molecule has 0 bridgehead atoms. The van der Waals surface area contributed by atoms with E-state index in [1.54, 1.807) is 0 Å². The first-order valence-corrected chi connectivity index (χ1v) is 6.03. The lowest BCUT2D eigenvalue weighted by Gasteiger charge is -2.25. The van der Waals surface area contributed by atoms with E-state index in [1.165, 1.54) is 0 Å². The summed E-state index contributed by atoms with van der Waals surface area (Å²) in [7, 11) is 0. The molecule has 4 nitrogen and oxygen atoms in total. The fourth-order valence-corrected chi connectivity index (χ4v) is 2.82. The van der Waals surface area contributed by atoms with Gasteiger partial charge < -0.3 is 4.98 Å². The minimum atomic E-state index is -0.428. The molecule has 0 spiro atoms. The summed E-state index contributed by atoms with van der Waals surface area (Å²) in [6, 6.07) is 9.99. The third-order valence-electron chi connectivity index (χ3n) is 3.88. The highest BCUT2D eigenvalue weighted by atomic mass is 16.2. The monoisotopic (exact) mass is 242 g/mol. The largest absolute Gasteiger partial charge is 0.325 e. The van der Waals surface area contributed by atoms with Crippen LogP contribution in [0.2, 0.25) is 0 Å². The minimum absolute atomic E-state index is 0.256.